The first-order valence-electron chi connectivity index (χ1n) is 5.40. The highest BCUT2D eigenvalue weighted by atomic mass is 35.5. The lowest BCUT2D eigenvalue weighted by Gasteiger charge is -2.39. The molecule has 0 heterocycles. The lowest BCUT2D eigenvalue weighted by Crippen LogP contribution is -2.52. The van der Waals surface area contributed by atoms with Crippen molar-refractivity contribution in [1.82, 2.24) is 0 Å². The number of nitro groups is 1. The minimum atomic E-state index is -0.986. The quantitative estimate of drug-likeness (QED) is 0.648. The van der Waals surface area contributed by atoms with Gasteiger partial charge in [0.05, 0.1) is 15.6 Å². The molecule has 0 aliphatic heterocycles. The zero-order chi connectivity index (χ0) is 13.3. The van der Waals surface area contributed by atoms with Gasteiger partial charge in [0.25, 0.3) is 5.69 Å². The second-order valence-corrected chi connectivity index (χ2v) is 4.69. The number of hydrogen-bond acceptors (Lipinski definition) is 4. The fourth-order valence-electron chi connectivity index (χ4n) is 1.90. The summed E-state index contributed by atoms with van der Waals surface area (Å²) in [4.78, 5) is 21.2. The van der Waals surface area contributed by atoms with E-state index in [-0.39, 0.29) is 10.7 Å². The fraction of sp³-hybridized carbons (Fsp3) is 0.364. The molecule has 1 fully saturated rings. The molecule has 7 heteroatoms. The van der Waals surface area contributed by atoms with Gasteiger partial charge in [-0.3, -0.25) is 10.1 Å². The van der Waals surface area contributed by atoms with Crippen LogP contribution in [-0.2, 0) is 4.79 Å². The van der Waals surface area contributed by atoms with Crippen LogP contribution in [0.3, 0.4) is 0 Å². The molecule has 1 saturated carbocycles. The van der Waals surface area contributed by atoms with E-state index in [1.165, 1.54) is 18.2 Å². The Hall–Kier alpha value is -1.82. The van der Waals surface area contributed by atoms with Crippen LogP contribution in [0.15, 0.2) is 18.2 Å². The van der Waals surface area contributed by atoms with Crippen LogP contribution >= 0.6 is 11.6 Å². The van der Waals surface area contributed by atoms with Gasteiger partial charge >= 0.3 is 5.97 Å². The Kier molecular flexibility index (Phi) is 3.13. The molecule has 0 amide bonds. The number of aliphatic carboxylic acids is 1. The molecule has 1 aromatic carbocycles. The largest absolute Gasteiger partial charge is 0.480 e. The highest BCUT2D eigenvalue weighted by molar-refractivity contribution is 6.33. The monoisotopic (exact) mass is 270 g/mol. The molecule has 6 nitrogen and oxygen atoms in total. The molecule has 96 valence electrons. The average molecular weight is 271 g/mol. The Morgan fingerprint density at radius 2 is 2.17 bits per heavy atom. The molecular formula is C11H11ClN2O4. The fourth-order valence-corrected chi connectivity index (χ4v) is 2.12. The van der Waals surface area contributed by atoms with Crippen molar-refractivity contribution in [3.63, 3.8) is 0 Å². The smallest absolute Gasteiger partial charge is 0.329 e. The molecule has 0 radical (unpaired) electrons. The van der Waals surface area contributed by atoms with E-state index >= 15 is 0 Å². The Bertz CT molecular complexity index is 514. The Morgan fingerprint density at radius 1 is 1.50 bits per heavy atom. The maximum atomic E-state index is 11.2. The molecule has 0 spiro atoms. The molecule has 0 saturated heterocycles. The number of carbonyl (C=O) groups is 1. The second-order valence-electron chi connectivity index (χ2n) is 4.29. The van der Waals surface area contributed by atoms with Crippen molar-refractivity contribution >= 4 is 28.9 Å². The third-order valence-electron chi connectivity index (χ3n) is 3.15. The number of nitrogens with one attached hydrogen (secondary N) is 1. The van der Waals surface area contributed by atoms with Crippen LogP contribution in [0.4, 0.5) is 11.4 Å². The van der Waals surface area contributed by atoms with Crippen LogP contribution in [0.5, 0.6) is 0 Å². The van der Waals surface area contributed by atoms with E-state index in [2.05, 4.69) is 5.32 Å². The maximum Gasteiger partial charge on any atom is 0.329 e. The first-order chi connectivity index (χ1) is 8.44. The number of non-ortho nitro benzene ring substituents is 1. The summed E-state index contributed by atoms with van der Waals surface area (Å²) in [6, 6.07) is 3.93. The van der Waals surface area contributed by atoms with E-state index in [1.54, 1.807) is 0 Å². The zero-order valence-electron chi connectivity index (χ0n) is 9.35. The summed E-state index contributed by atoms with van der Waals surface area (Å²) in [5, 5.41) is 22.7. The summed E-state index contributed by atoms with van der Waals surface area (Å²) >= 11 is 5.91. The maximum absolute atomic E-state index is 11.2. The van der Waals surface area contributed by atoms with E-state index in [0.717, 1.165) is 6.42 Å². The Labute approximate surface area is 108 Å². The molecule has 0 atom stereocenters. The summed E-state index contributed by atoms with van der Waals surface area (Å²) in [6.07, 6.45) is 1.88. The Balaban J connectivity index is 2.24. The van der Waals surface area contributed by atoms with Gasteiger partial charge in [0.2, 0.25) is 0 Å². The molecule has 18 heavy (non-hydrogen) atoms. The van der Waals surface area contributed by atoms with Crippen LogP contribution in [0, 0.1) is 10.1 Å². The molecule has 0 bridgehead atoms. The Morgan fingerprint density at radius 3 is 2.56 bits per heavy atom. The molecule has 0 unspecified atom stereocenters. The van der Waals surface area contributed by atoms with Gasteiger partial charge in [-0.15, -0.1) is 0 Å². The lowest BCUT2D eigenvalue weighted by atomic mass is 9.76. The van der Waals surface area contributed by atoms with Crippen LogP contribution < -0.4 is 5.32 Å². The first kappa shape index (κ1) is 12.6. The normalized spacial score (nSPS) is 16.7. The van der Waals surface area contributed by atoms with Crippen molar-refractivity contribution in [2.24, 2.45) is 0 Å². The highest BCUT2D eigenvalue weighted by Crippen LogP contribution is 2.38. The molecule has 0 aromatic heterocycles. The van der Waals surface area contributed by atoms with Gasteiger partial charge in [-0.05, 0) is 25.3 Å². The number of hydrogen-bond donors (Lipinski definition) is 2. The molecule has 1 aliphatic rings. The number of nitro benzene ring substituents is 1. The highest BCUT2D eigenvalue weighted by Gasteiger charge is 2.44. The van der Waals surface area contributed by atoms with Gasteiger partial charge in [0.15, 0.2) is 0 Å². The predicted molar refractivity (Wildman–Crippen MR) is 65.9 cm³/mol. The van der Waals surface area contributed by atoms with E-state index in [1.807, 2.05) is 0 Å². The van der Waals surface area contributed by atoms with Gasteiger partial charge in [0, 0.05) is 12.1 Å². The molecule has 1 aliphatic carbocycles. The number of rotatable bonds is 4. The summed E-state index contributed by atoms with van der Waals surface area (Å²) in [6.45, 7) is 0. The zero-order valence-corrected chi connectivity index (χ0v) is 10.1. The van der Waals surface area contributed by atoms with E-state index in [4.69, 9.17) is 16.7 Å². The summed E-state index contributed by atoms with van der Waals surface area (Å²) in [5.74, 6) is -0.928. The van der Waals surface area contributed by atoms with Crippen molar-refractivity contribution < 1.29 is 14.8 Å². The summed E-state index contributed by atoms with van der Waals surface area (Å²) in [7, 11) is 0. The third kappa shape index (κ3) is 2.11. The number of anilines is 1. The lowest BCUT2D eigenvalue weighted by molar-refractivity contribution is -0.384. The standard InChI is InChI=1S/C11H11ClN2O4/c12-8-6-7(14(17)18)2-3-9(8)13-11(10(15)16)4-1-5-11/h2-3,6,13H,1,4-5H2,(H,15,16). The van der Waals surface area contributed by atoms with Gasteiger partial charge in [-0.25, -0.2) is 4.79 Å². The minimum Gasteiger partial charge on any atom is -0.480 e. The van der Waals surface area contributed by atoms with Crippen molar-refractivity contribution in [3.8, 4) is 0 Å². The molecular weight excluding hydrogens is 260 g/mol. The average Bonchev–Trinajstić information content (AvgIpc) is 2.24. The van der Waals surface area contributed by atoms with Crippen molar-refractivity contribution in [2.75, 3.05) is 5.32 Å². The van der Waals surface area contributed by atoms with Gasteiger partial charge in [-0.2, -0.15) is 0 Å². The van der Waals surface area contributed by atoms with Crippen molar-refractivity contribution in [2.45, 2.75) is 24.8 Å². The van der Waals surface area contributed by atoms with E-state index in [9.17, 15) is 14.9 Å². The van der Waals surface area contributed by atoms with E-state index < -0.39 is 16.4 Å². The molecule has 1 aromatic rings. The second kappa shape index (κ2) is 4.45. The van der Waals surface area contributed by atoms with Gasteiger partial charge in [0.1, 0.15) is 5.54 Å². The topological polar surface area (TPSA) is 92.5 Å². The SMILES string of the molecule is O=C(O)C1(Nc2ccc([N+](=O)[O-])cc2Cl)CCC1. The third-order valence-corrected chi connectivity index (χ3v) is 3.47. The van der Waals surface area contributed by atoms with Crippen LogP contribution in [0.1, 0.15) is 19.3 Å². The number of halogens is 1. The van der Waals surface area contributed by atoms with Crippen molar-refractivity contribution in [3.05, 3.63) is 33.3 Å². The van der Waals surface area contributed by atoms with Crippen LogP contribution in [0.2, 0.25) is 5.02 Å². The van der Waals surface area contributed by atoms with Gasteiger partial charge < -0.3 is 10.4 Å². The number of nitrogens with zero attached hydrogens (tertiary/aromatic N) is 1. The number of carboxylic acids is 1. The first-order valence-corrected chi connectivity index (χ1v) is 5.78. The number of benzene rings is 1. The summed E-state index contributed by atoms with van der Waals surface area (Å²) < 4.78 is 0. The number of carboxylic acid groups (broad SMARTS) is 1. The predicted octanol–water partition coefficient (Wildman–Crippen LogP) is 2.67. The molecule has 2 rings (SSSR count). The van der Waals surface area contributed by atoms with E-state index in [0.29, 0.717) is 18.5 Å². The van der Waals surface area contributed by atoms with Crippen LogP contribution in [-0.4, -0.2) is 21.5 Å². The van der Waals surface area contributed by atoms with Gasteiger partial charge in [-0.1, -0.05) is 11.6 Å². The minimum absolute atomic E-state index is 0.122. The van der Waals surface area contributed by atoms with Crippen molar-refractivity contribution in [1.29, 1.82) is 0 Å². The molecule has 2 N–H and O–H groups in total. The summed E-state index contributed by atoms with van der Waals surface area (Å²) in [5.41, 5.74) is -0.701. The van der Waals surface area contributed by atoms with Crippen LogP contribution in [0.25, 0.3) is 0 Å².